The molecule has 1 amide bonds. The second-order valence-corrected chi connectivity index (χ2v) is 6.39. The average Bonchev–Trinajstić information content (AvgIpc) is 3.09. The first-order valence-corrected chi connectivity index (χ1v) is 8.16. The molecule has 0 spiro atoms. The highest BCUT2D eigenvalue weighted by molar-refractivity contribution is 5.90. The van der Waals surface area contributed by atoms with E-state index in [0.29, 0.717) is 17.9 Å². The molecular weight excluding hydrogens is 292 g/mol. The van der Waals surface area contributed by atoms with Gasteiger partial charge in [0, 0.05) is 17.6 Å². The number of aromatic nitrogens is 2. The van der Waals surface area contributed by atoms with E-state index in [2.05, 4.69) is 27.3 Å². The van der Waals surface area contributed by atoms with E-state index in [1.807, 2.05) is 30.3 Å². The molecule has 1 N–H and O–H groups in total. The highest BCUT2D eigenvalue weighted by Gasteiger charge is 2.41. The van der Waals surface area contributed by atoms with Crippen LogP contribution in [-0.4, -0.2) is 46.2 Å². The molecule has 1 aromatic heterocycles. The van der Waals surface area contributed by atoms with Crippen LogP contribution >= 0.6 is 0 Å². The van der Waals surface area contributed by atoms with Gasteiger partial charge in [0.2, 0.25) is 5.89 Å². The Hall–Kier alpha value is -2.21. The molecule has 1 aromatic carbocycles. The number of fused-ring (bicyclic) bond motifs is 3. The Kier molecular flexibility index (Phi) is 3.61. The first-order chi connectivity index (χ1) is 11.2. The summed E-state index contributed by atoms with van der Waals surface area (Å²) >= 11 is 0. The van der Waals surface area contributed by atoms with Crippen molar-refractivity contribution in [2.45, 2.75) is 31.8 Å². The van der Waals surface area contributed by atoms with Gasteiger partial charge in [0.25, 0.3) is 0 Å². The summed E-state index contributed by atoms with van der Waals surface area (Å²) in [6.07, 6.45) is 2.29. The number of carbonyl (C=O) groups is 1. The second kappa shape index (κ2) is 5.77. The molecule has 23 heavy (non-hydrogen) atoms. The molecule has 6 heteroatoms. The van der Waals surface area contributed by atoms with Gasteiger partial charge in [-0.15, -0.1) is 10.2 Å². The van der Waals surface area contributed by atoms with E-state index in [-0.39, 0.29) is 17.8 Å². The van der Waals surface area contributed by atoms with Crippen molar-refractivity contribution in [3.05, 3.63) is 36.2 Å². The Morgan fingerprint density at radius 1 is 1.22 bits per heavy atom. The normalized spacial score (nSPS) is 29.4. The molecule has 3 saturated heterocycles. The molecule has 3 fully saturated rings. The van der Waals surface area contributed by atoms with Crippen molar-refractivity contribution >= 4 is 5.91 Å². The van der Waals surface area contributed by atoms with Gasteiger partial charge >= 0.3 is 11.8 Å². The van der Waals surface area contributed by atoms with E-state index >= 15 is 0 Å². The molecule has 5 rings (SSSR count). The molecule has 4 heterocycles. The number of hydrogen-bond donors (Lipinski definition) is 1. The third kappa shape index (κ3) is 2.63. The number of benzene rings is 1. The first kappa shape index (κ1) is 14.4. The summed E-state index contributed by atoms with van der Waals surface area (Å²) in [5.41, 5.74) is 0.815. The minimum absolute atomic E-state index is 0.0347. The summed E-state index contributed by atoms with van der Waals surface area (Å²) in [5, 5.41) is 11.0. The van der Waals surface area contributed by atoms with E-state index in [1.54, 1.807) is 0 Å². The summed E-state index contributed by atoms with van der Waals surface area (Å²) in [4.78, 5) is 14.9. The van der Waals surface area contributed by atoms with Gasteiger partial charge in [-0.25, -0.2) is 0 Å². The lowest BCUT2D eigenvalue weighted by atomic mass is 9.79. The van der Waals surface area contributed by atoms with Crippen LogP contribution in [-0.2, 0) is 0 Å². The number of piperidine rings is 3. The minimum atomic E-state index is -0.273. The predicted octanol–water partition coefficient (Wildman–Crippen LogP) is 1.95. The smallest absolute Gasteiger partial charge is 0.309 e. The van der Waals surface area contributed by atoms with Gasteiger partial charge in [-0.3, -0.25) is 9.69 Å². The maximum absolute atomic E-state index is 12.5. The Balaban J connectivity index is 1.49. The van der Waals surface area contributed by atoms with Crippen LogP contribution in [0.5, 0.6) is 0 Å². The van der Waals surface area contributed by atoms with Crippen molar-refractivity contribution in [2.75, 3.05) is 13.1 Å². The second-order valence-electron chi connectivity index (χ2n) is 6.39. The Bertz CT molecular complexity index is 690. The first-order valence-electron chi connectivity index (χ1n) is 8.16. The van der Waals surface area contributed by atoms with Crippen LogP contribution in [0.25, 0.3) is 11.5 Å². The minimum Gasteiger partial charge on any atom is -0.412 e. The topological polar surface area (TPSA) is 71.3 Å². The molecule has 2 unspecified atom stereocenters. The van der Waals surface area contributed by atoms with Crippen molar-refractivity contribution in [1.82, 2.24) is 20.4 Å². The van der Waals surface area contributed by atoms with Gasteiger partial charge in [0.1, 0.15) is 0 Å². The Labute approximate surface area is 134 Å². The van der Waals surface area contributed by atoms with Crippen LogP contribution in [0.1, 0.15) is 30.5 Å². The van der Waals surface area contributed by atoms with E-state index in [9.17, 15) is 4.79 Å². The molecule has 0 aliphatic carbocycles. The molecule has 2 atom stereocenters. The lowest BCUT2D eigenvalue weighted by Crippen LogP contribution is -2.62. The fourth-order valence-electron chi connectivity index (χ4n) is 3.77. The number of carbonyl (C=O) groups excluding carboxylic acids is 1. The molecular formula is C17H20N4O2. The molecule has 3 aliphatic heterocycles. The Morgan fingerprint density at radius 2 is 1.96 bits per heavy atom. The van der Waals surface area contributed by atoms with Crippen LogP contribution < -0.4 is 5.32 Å². The zero-order chi connectivity index (χ0) is 15.8. The number of hydrogen-bond acceptors (Lipinski definition) is 5. The zero-order valence-electron chi connectivity index (χ0n) is 13.1. The molecule has 0 radical (unpaired) electrons. The number of rotatable bonds is 3. The van der Waals surface area contributed by atoms with Crippen LogP contribution in [0.3, 0.4) is 0 Å². The van der Waals surface area contributed by atoms with E-state index in [4.69, 9.17) is 4.42 Å². The molecule has 2 bridgehead atoms. The third-order valence-electron chi connectivity index (χ3n) is 5.12. The summed E-state index contributed by atoms with van der Waals surface area (Å²) < 4.78 is 5.54. The molecule has 6 nitrogen and oxygen atoms in total. The summed E-state index contributed by atoms with van der Waals surface area (Å²) in [6.45, 7) is 4.45. The largest absolute Gasteiger partial charge is 0.412 e. The number of nitrogens with zero attached hydrogens (tertiary/aromatic N) is 3. The van der Waals surface area contributed by atoms with Gasteiger partial charge < -0.3 is 9.73 Å². The molecule has 3 aliphatic rings. The lowest BCUT2D eigenvalue weighted by molar-refractivity contribution is 0.0210. The summed E-state index contributed by atoms with van der Waals surface area (Å²) in [6, 6.07) is 10.00. The van der Waals surface area contributed by atoms with Crippen molar-refractivity contribution in [1.29, 1.82) is 0 Å². The quantitative estimate of drug-likeness (QED) is 0.938. The summed E-state index contributed by atoms with van der Waals surface area (Å²) in [7, 11) is 0. The van der Waals surface area contributed by atoms with E-state index < -0.39 is 0 Å². The molecule has 2 aromatic rings. The monoisotopic (exact) mass is 312 g/mol. The van der Waals surface area contributed by atoms with Crippen molar-refractivity contribution in [3.63, 3.8) is 0 Å². The highest BCUT2D eigenvalue weighted by Crippen LogP contribution is 2.32. The lowest BCUT2D eigenvalue weighted by Gasteiger charge is -2.49. The summed E-state index contributed by atoms with van der Waals surface area (Å²) in [5.74, 6) is 0.686. The number of amides is 1. The van der Waals surface area contributed by atoms with Crippen molar-refractivity contribution in [2.24, 2.45) is 5.92 Å². The maximum atomic E-state index is 12.5. The highest BCUT2D eigenvalue weighted by atomic mass is 16.4. The van der Waals surface area contributed by atoms with Crippen molar-refractivity contribution < 1.29 is 9.21 Å². The maximum Gasteiger partial charge on any atom is 0.309 e. The van der Waals surface area contributed by atoms with Gasteiger partial charge in [0.05, 0.1) is 0 Å². The fourth-order valence-corrected chi connectivity index (χ4v) is 3.77. The zero-order valence-corrected chi connectivity index (χ0v) is 13.1. The molecule has 0 saturated carbocycles. The van der Waals surface area contributed by atoms with Gasteiger partial charge in [-0.05, 0) is 50.9 Å². The van der Waals surface area contributed by atoms with Gasteiger partial charge in [-0.2, -0.15) is 0 Å². The fraction of sp³-hybridized carbons (Fsp3) is 0.471. The molecule has 120 valence electrons. The third-order valence-corrected chi connectivity index (χ3v) is 5.12. The standard InChI is InChI=1S/C17H20N4O2/c1-11-14(12-7-9-21(11)10-8-12)18-15(22)17-20-19-16(23-17)13-5-3-2-4-6-13/h2-6,11-12,14H,7-10H2,1H3,(H,18,22). The van der Waals surface area contributed by atoms with Crippen molar-refractivity contribution in [3.8, 4) is 11.5 Å². The average molecular weight is 312 g/mol. The van der Waals surface area contributed by atoms with Crippen LogP contribution in [0.2, 0.25) is 0 Å². The van der Waals surface area contributed by atoms with Crippen LogP contribution in [0, 0.1) is 5.92 Å². The SMILES string of the molecule is CC1C(NC(=O)c2nnc(-c3ccccc3)o2)C2CCN1CC2. The van der Waals surface area contributed by atoms with Crippen LogP contribution in [0.15, 0.2) is 34.7 Å². The predicted molar refractivity (Wildman–Crippen MR) is 84.7 cm³/mol. The van der Waals surface area contributed by atoms with Gasteiger partial charge in [-0.1, -0.05) is 18.2 Å². The van der Waals surface area contributed by atoms with Crippen LogP contribution in [0.4, 0.5) is 0 Å². The van der Waals surface area contributed by atoms with E-state index in [1.165, 1.54) is 0 Å². The van der Waals surface area contributed by atoms with E-state index in [0.717, 1.165) is 31.5 Å². The number of nitrogens with one attached hydrogen (secondary N) is 1. The van der Waals surface area contributed by atoms with Gasteiger partial charge in [0.15, 0.2) is 0 Å². The Morgan fingerprint density at radius 3 is 2.65 bits per heavy atom.